The van der Waals surface area contributed by atoms with Crippen LogP contribution < -0.4 is 0 Å². The molecule has 4 nitrogen and oxygen atoms in total. The Labute approximate surface area is 427 Å². The number of aromatic nitrogens is 3. The number of hydrogen-bond acceptors (Lipinski definition) is 4. The molecule has 0 N–H and O–H groups in total. The van der Waals surface area contributed by atoms with Crippen LogP contribution in [0.3, 0.4) is 0 Å². The van der Waals surface area contributed by atoms with E-state index in [1.807, 2.05) is 111 Å². The summed E-state index contributed by atoms with van der Waals surface area (Å²) in [6.07, 6.45) is 8.94. The van der Waals surface area contributed by atoms with Crippen LogP contribution in [0.5, 0.6) is 0 Å². The summed E-state index contributed by atoms with van der Waals surface area (Å²) in [7, 11) is 0. The van der Waals surface area contributed by atoms with Gasteiger partial charge in [0.15, 0.2) is 0 Å². The van der Waals surface area contributed by atoms with E-state index in [0.29, 0.717) is 5.56 Å². The van der Waals surface area contributed by atoms with Crippen LogP contribution in [0.25, 0.3) is 78.3 Å². The van der Waals surface area contributed by atoms with Gasteiger partial charge < -0.3 is 15.0 Å². The van der Waals surface area contributed by atoms with Crippen LogP contribution in [-0.4, -0.2) is 15.0 Å². The Kier molecular flexibility index (Phi) is 14.5. The Balaban J connectivity index is 0.00000624. The third-order valence-corrected chi connectivity index (χ3v) is 12.7. The van der Waals surface area contributed by atoms with Gasteiger partial charge in [-0.25, -0.2) is 0 Å². The van der Waals surface area contributed by atoms with Crippen LogP contribution in [0, 0.1) is 29.5 Å². The third-order valence-electron chi connectivity index (χ3n) is 12.7. The van der Waals surface area contributed by atoms with E-state index < -0.39 is 5.89 Å². The molecule has 0 unspecified atom stereocenters. The minimum Gasteiger partial charge on any atom is -0.305 e. The minimum atomic E-state index is -0.853. The summed E-state index contributed by atoms with van der Waals surface area (Å²) >= 11 is 0. The van der Waals surface area contributed by atoms with Crippen molar-refractivity contribution in [1.29, 1.82) is 5.26 Å². The molecule has 0 aliphatic heterocycles. The molecule has 0 aliphatic rings. The van der Waals surface area contributed by atoms with E-state index in [0.717, 1.165) is 110 Å². The van der Waals surface area contributed by atoms with E-state index in [-0.39, 0.29) is 20.1 Å². The molecular formula is C65H49IrN4. The van der Waals surface area contributed by atoms with Crippen LogP contribution >= 0.6 is 0 Å². The number of aryl methyl sites for hydroxylation is 4. The van der Waals surface area contributed by atoms with Gasteiger partial charge in [-0.15, -0.1) is 94.5 Å². The topological polar surface area (TPSA) is 62.5 Å². The molecule has 7 aromatic carbocycles. The van der Waals surface area contributed by atoms with E-state index in [9.17, 15) is 5.26 Å². The van der Waals surface area contributed by atoms with Crippen molar-refractivity contribution in [1.82, 2.24) is 15.0 Å². The first-order valence-electron chi connectivity index (χ1n) is 23.9. The number of hydrogen-bond donors (Lipinski definition) is 0. The van der Waals surface area contributed by atoms with Gasteiger partial charge in [0.25, 0.3) is 0 Å². The van der Waals surface area contributed by atoms with Crippen LogP contribution in [0.1, 0.15) is 54.5 Å². The van der Waals surface area contributed by atoms with Gasteiger partial charge in [0, 0.05) is 20.0 Å². The van der Waals surface area contributed by atoms with Crippen LogP contribution in [0.15, 0.2) is 207 Å². The van der Waals surface area contributed by atoms with Crippen LogP contribution in [0.4, 0.5) is 0 Å². The fraction of sp³-hybridized carbons (Fsp3) is 0.108. The van der Waals surface area contributed by atoms with E-state index >= 15 is 0 Å². The van der Waals surface area contributed by atoms with Gasteiger partial charge in [-0.05, 0) is 105 Å². The maximum Gasteiger partial charge on any atom is 3.00 e. The van der Waals surface area contributed by atoms with Crippen LogP contribution in [-0.2, 0) is 45.8 Å². The van der Waals surface area contributed by atoms with E-state index in [2.05, 4.69) is 143 Å². The number of benzene rings is 7. The molecule has 10 rings (SSSR count). The molecule has 0 atom stereocenters. The molecule has 0 radical (unpaired) electrons. The van der Waals surface area contributed by atoms with Crippen molar-refractivity contribution in [3.63, 3.8) is 0 Å². The Morgan fingerprint density at radius 3 is 1.57 bits per heavy atom. The van der Waals surface area contributed by atoms with Crippen molar-refractivity contribution in [3.05, 3.63) is 258 Å². The molecule has 3 aromatic heterocycles. The molecule has 0 aliphatic carbocycles. The smallest absolute Gasteiger partial charge is 0.305 e. The standard InChI is InChI=1S/C65H49N4.Ir/c1-45(2)62-44-69-65(42-61(62)51-12-4-3-5-13-51)55-34-35-59(60(41-55)52-28-26-48(43-66)27-29-52)58-15-7-6-14-57(58)56-39-49(20-18-46-22-30-53(31-23-46)63-16-8-10-36-67-63)38-50(40-56)21-19-47-24-32-54(33-25-47)64-17-9-11-37-68-64;/h3-17,22-30,32,35-42,44-45H,18-21H2,1-2H3;/q-3;+3/i45D;. The second-order valence-corrected chi connectivity index (χ2v) is 17.6. The summed E-state index contributed by atoms with van der Waals surface area (Å²) in [5, 5.41) is 9.76. The first-order valence-corrected chi connectivity index (χ1v) is 23.4. The molecule has 0 fully saturated rings. The molecule has 0 amide bonds. The number of rotatable bonds is 14. The Hall–Kier alpha value is -7.87. The quantitative estimate of drug-likeness (QED) is 0.102. The maximum atomic E-state index is 9.76. The number of nitriles is 1. The number of nitrogens with zero attached hydrogens (tertiary/aromatic N) is 4. The molecule has 0 bridgehead atoms. The van der Waals surface area contributed by atoms with Crippen molar-refractivity contribution >= 4 is 0 Å². The molecule has 0 spiro atoms. The average Bonchev–Trinajstić information content (AvgIpc) is 3.42. The Morgan fingerprint density at radius 1 is 0.457 bits per heavy atom. The molecule has 338 valence electrons. The van der Waals surface area contributed by atoms with Crippen molar-refractivity contribution in [2.75, 3.05) is 0 Å². The van der Waals surface area contributed by atoms with Gasteiger partial charge in [-0.1, -0.05) is 159 Å². The van der Waals surface area contributed by atoms with E-state index in [4.69, 9.17) is 6.35 Å². The summed E-state index contributed by atoms with van der Waals surface area (Å²) in [6.45, 7) is 3.80. The van der Waals surface area contributed by atoms with E-state index in [1.54, 1.807) is 0 Å². The zero-order chi connectivity index (χ0) is 47.9. The fourth-order valence-electron chi connectivity index (χ4n) is 9.02. The second kappa shape index (κ2) is 22.0. The molecule has 5 heteroatoms. The van der Waals surface area contributed by atoms with Crippen molar-refractivity contribution < 1.29 is 21.5 Å². The maximum absolute atomic E-state index is 9.76. The van der Waals surface area contributed by atoms with Gasteiger partial charge in [0.2, 0.25) is 0 Å². The first-order chi connectivity index (χ1) is 34.3. The molecule has 3 heterocycles. The van der Waals surface area contributed by atoms with Gasteiger partial charge >= 0.3 is 20.1 Å². The predicted molar refractivity (Wildman–Crippen MR) is 281 cm³/mol. The van der Waals surface area contributed by atoms with Crippen molar-refractivity contribution in [3.8, 4) is 84.3 Å². The number of pyridine rings is 3. The predicted octanol–water partition coefficient (Wildman–Crippen LogP) is 15.5. The second-order valence-electron chi connectivity index (χ2n) is 17.6. The Morgan fingerprint density at radius 2 is 1.01 bits per heavy atom. The largest absolute Gasteiger partial charge is 3.00 e. The van der Waals surface area contributed by atoms with Gasteiger partial charge in [-0.3, -0.25) is 0 Å². The SMILES string of the molecule is [2H]C(C)(C)c1cnc(-c2[c-]cc(-c3ccccc3-c3cc(CCc4c[c-]c(-c5ccccn5)cc4)cc(CCc4c[c-]c(-c5ccccn5)cc4)c3)c(-c3ccc(C#N)cc3)c2)cc1-c1ccccc1.[Ir+3]. The zero-order valence-electron chi connectivity index (χ0n) is 40.1. The zero-order valence-corrected chi connectivity index (χ0v) is 41.5. The molecule has 0 saturated heterocycles. The third kappa shape index (κ3) is 10.9. The van der Waals surface area contributed by atoms with Gasteiger partial charge in [0.1, 0.15) is 0 Å². The summed E-state index contributed by atoms with van der Waals surface area (Å²) in [6, 6.07) is 77.7. The fourth-order valence-corrected chi connectivity index (χ4v) is 9.02. The summed E-state index contributed by atoms with van der Waals surface area (Å²) in [5.41, 5.74) is 20.2. The summed E-state index contributed by atoms with van der Waals surface area (Å²) in [5.74, 6) is -0.853. The molecule has 0 saturated carbocycles. The van der Waals surface area contributed by atoms with Crippen molar-refractivity contribution in [2.24, 2.45) is 0 Å². The van der Waals surface area contributed by atoms with Crippen LogP contribution in [0.2, 0.25) is 0 Å². The van der Waals surface area contributed by atoms with Gasteiger partial charge in [0.05, 0.1) is 11.6 Å². The minimum absolute atomic E-state index is 0. The molecular weight excluding hydrogens is 1030 g/mol. The first kappa shape index (κ1) is 45.9. The molecule has 70 heavy (non-hydrogen) atoms. The average molecular weight is 1080 g/mol. The molecule has 10 aromatic rings. The summed E-state index contributed by atoms with van der Waals surface area (Å²) < 4.78 is 8.98. The van der Waals surface area contributed by atoms with Crippen molar-refractivity contribution in [2.45, 2.75) is 45.4 Å². The normalized spacial score (nSPS) is 11.3. The monoisotopic (exact) mass is 1080 g/mol. The van der Waals surface area contributed by atoms with E-state index in [1.165, 1.54) is 22.3 Å². The summed E-state index contributed by atoms with van der Waals surface area (Å²) in [4.78, 5) is 14.0. The van der Waals surface area contributed by atoms with Gasteiger partial charge in [-0.2, -0.15) is 5.26 Å². The Bertz CT molecular complexity index is 3330.